The van der Waals surface area contributed by atoms with Crippen LogP contribution in [0.3, 0.4) is 0 Å². The summed E-state index contributed by atoms with van der Waals surface area (Å²) in [6.07, 6.45) is 10.7. The molecule has 2 unspecified atom stereocenters. The first kappa shape index (κ1) is 23.8. The highest BCUT2D eigenvalue weighted by molar-refractivity contribution is 7.90. The second kappa shape index (κ2) is 10.2. The molecule has 1 amide bonds. The number of nitrogens with one attached hydrogen (secondary N) is 1. The summed E-state index contributed by atoms with van der Waals surface area (Å²) in [4.78, 5) is 21.6. The highest BCUT2D eigenvalue weighted by atomic mass is 35.5. The predicted molar refractivity (Wildman–Crippen MR) is 122 cm³/mol. The Balaban J connectivity index is 1.83. The minimum Gasteiger partial charge on any atom is -0.309 e. The number of halogens is 1. The number of aromatic nitrogens is 2. The SMILES string of the molecule is CS(=O)Cc1cnc(NC(=O)C(CC2CCCC2)c2ccc(S(C)(=O)=O)c(Cl)c2)cn1. The van der Waals surface area contributed by atoms with Gasteiger partial charge in [-0.05, 0) is 30.0 Å². The molecule has 0 bridgehead atoms. The molecule has 0 radical (unpaired) electrons. The van der Waals surface area contributed by atoms with E-state index < -0.39 is 26.6 Å². The number of anilines is 1. The van der Waals surface area contributed by atoms with Crippen LogP contribution in [0.25, 0.3) is 0 Å². The Labute approximate surface area is 190 Å². The molecule has 7 nitrogen and oxygen atoms in total. The summed E-state index contributed by atoms with van der Waals surface area (Å²) >= 11 is 6.24. The molecule has 1 aromatic carbocycles. The maximum absolute atomic E-state index is 13.2. The largest absolute Gasteiger partial charge is 0.309 e. The highest BCUT2D eigenvalue weighted by Crippen LogP contribution is 2.36. The van der Waals surface area contributed by atoms with Crippen LogP contribution in [0.2, 0.25) is 5.02 Å². The molecule has 0 saturated heterocycles. The summed E-state index contributed by atoms with van der Waals surface area (Å²) in [5.41, 5.74) is 1.26. The molecule has 1 aliphatic carbocycles. The van der Waals surface area contributed by atoms with E-state index in [9.17, 15) is 17.4 Å². The Morgan fingerprint density at radius 2 is 1.97 bits per heavy atom. The monoisotopic (exact) mass is 483 g/mol. The molecule has 1 fully saturated rings. The molecule has 1 aliphatic rings. The molecule has 10 heteroatoms. The van der Waals surface area contributed by atoms with Gasteiger partial charge in [0.2, 0.25) is 5.91 Å². The Morgan fingerprint density at radius 1 is 1.26 bits per heavy atom. The van der Waals surface area contributed by atoms with Gasteiger partial charge < -0.3 is 5.32 Å². The van der Waals surface area contributed by atoms with Crippen LogP contribution >= 0.6 is 11.6 Å². The van der Waals surface area contributed by atoms with Crippen molar-refractivity contribution in [3.05, 3.63) is 46.9 Å². The lowest BCUT2D eigenvalue weighted by Gasteiger charge is -2.21. The Kier molecular flexibility index (Phi) is 7.82. The second-order valence-corrected chi connectivity index (χ2v) is 11.8. The van der Waals surface area contributed by atoms with E-state index in [0.717, 1.165) is 31.9 Å². The van der Waals surface area contributed by atoms with Crippen LogP contribution in [0.5, 0.6) is 0 Å². The van der Waals surface area contributed by atoms with Crippen molar-refractivity contribution in [1.29, 1.82) is 0 Å². The van der Waals surface area contributed by atoms with Crippen molar-refractivity contribution >= 4 is 44.0 Å². The van der Waals surface area contributed by atoms with Crippen molar-refractivity contribution in [2.45, 2.75) is 48.7 Å². The van der Waals surface area contributed by atoms with E-state index in [2.05, 4.69) is 15.3 Å². The first-order valence-corrected chi connectivity index (χ1v) is 14.0. The summed E-state index contributed by atoms with van der Waals surface area (Å²) in [5, 5.41) is 2.92. The average molecular weight is 484 g/mol. The first-order valence-electron chi connectivity index (χ1n) is 10.0. The third-order valence-corrected chi connectivity index (χ3v) is 7.71. The normalized spacial score (nSPS) is 16.7. The van der Waals surface area contributed by atoms with Gasteiger partial charge in [0.1, 0.15) is 0 Å². The van der Waals surface area contributed by atoms with E-state index in [0.29, 0.717) is 35.2 Å². The summed E-state index contributed by atoms with van der Waals surface area (Å²) in [7, 11) is -4.48. The lowest BCUT2D eigenvalue weighted by atomic mass is 9.87. The van der Waals surface area contributed by atoms with Gasteiger partial charge in [-0.2, -0.15) is 0 Å². The molecule has 1 N–H and O–H groups in total. The van der Waals surface area contributed by atoms with E-state index in [1.54, 1.807) is 18.4 Å². The van der Waals surface area contributed by atoms with Crippen molar-refractivity contribution in [2.24, 2.45) is 5.92 Å². The molecule has 1 heterocycles. The molecule has 3 rings (SSSR count). The van der Waals surface area contributed by atoms with Crippen molar-refractivity contribution in [1.82, 2.24) is 9.97 Å². The molecule has 2 atom stereocenters. The van der Waals surface area contributed by atoms with E-state index >= 15 is 0 Å². The molecule has 0 aliphatic heterocycles. The van der Waals surface area contributed by atoms with Crippen LogP contribution in [-0.2, 0) is 31.2 Å². The van der Waals surface area contributed by atoms with Crippen LogP contribution in [0, 0.1) is 5.92 Å². The van der Waals surface area contributed by atoms with Crippen LogP contribution in [0.4, 0.5) is 5.82 Å². The molecule has 31 heavy (non-hydrogen) atoms. The fourth-order valence-corrected chi connectivity index (χ4v) is 5.83. The Bertz CT molecular complexity index is 1070. The fraction of sp³-hybridized carbons (Fsp3) is 0.476. The molecule has 0 spiro atoms. The van der Waals surface area contributed by atoms with Crippen molar-refractivity contribution in [3.8, 4) is 0 Å². The van der Waals surface area contributed by atoms with Crippen molar-refractivity contribution in [2.75, 3.05) is 17.8 Å². The quantitative estimate of drug-likeness (QED) is 0.613. The van der Waals surface area contributed by atoms with Gasteiger partial charge in [-0.25, -0.2) is 13.4 Å². The third kappa shape index (κ3) is 6.57. The number of amides is 1. The molecule has 1 saturated carbocycles. The van der Waals surface area contributed by atoms with Gasteiger partial charge in [-0.1, -0.05) is 43.4 Å². The van der Waals surface area contributed by atoms with Gasteiger partial charge >= 0.3 is 0 Å². The zero-order valence-electron chi connectivity index (χ0n) is 17.5. The molecule has 1 aromatic heterocycles. The number of carbonyl (C=O) groups is 1. The number of hydrogen-bond acceptors (Lipinski definition) is 6. The molecule has 2 aromatic rings. The number of rotatable bonds is 8. The lowest BCUT2D eigenvalue weighted by Crippen LogP contribution is -2.24. The van der Waals surface area contributed by atoms with Gasteiger partial charge in [-0.15, -0.1) is 0 Å². The number of carbonyl (C=O) groups excluding carboxylic acids is 1. The number of sulfone groups is 1. The summed E-state index contributed by atoms with van der Waals surface area (Å²) in [6, 6.07) is 4.69. The molecular weight excluding hydrogens is 458 g/mol. The minimum absolute atomic E-state index is 0.0488. The Morgan fingerprint density at radius 3 is 2.52 bits per heavy atom. The first-order chi connectivity index (χ1) is 14.6. The third-order valence-electron chi connectivity index (χ3n) is 5.43. The maximum Gasteiger partial charge on any atom is 0.233 e. The van der Waals surface area contributed by atoms with Crippen molar-refractivity contribution in [3.63, 3.8) is 0 Å². The van der Waals surface area contributed by atoms with E-state index in [-0.39, 0.29) is 15.8 Å². The van der Waals surface area contributed by atoms with Gasteiger partial charge in [0.05, 0.1) is 39.7 Å². The standard InChI is InChI=1S/C21H26ClN3O4S2/c1-30(27)13-16-11-24-20(12-23-16)25-21(26)17(9-14-5-3-4-6-14)15-7-8-19(18(22)10-15)31(2,28)29/h7-8,10-12,14,17H,3-6,9,13H2,1-2H3,(H,24,25,26). The number of benzene rings is 1. The number of nitrogens with zero attached hydrogens (tertiary/aromatic N) is 2. The lowest BCUT2D eigenvalue weighted by molar-refractivity contribution is -0.118. The van der Waals surface area contributed by atoms with Gasteiger partial charge in [0, 0.05) is 23.3 Å². The van der Waals surface area contributed by atoms with Crippen LogP contribution in [-0.4, -0.2) is 41.0 Å². The van der Waals surface area contributed by atoms with Crippen LogP contribution < -0.4 is 5.32 Å². The second-order valence-electron chi connectivity index (χ2n) is 8.00. The highest BCUT2D eigenvalue weighted by Gasteiger charge is 2.28. The fourth-order valence-electron chi connectivity index (χ4n) is 3.92. The zero-order valence-corrected chi connectivity index (χ0v) is 19.9. The topological polar surface area (TPSA) is 106 Å². The van der Waals surface area contributed by atoms with Gasteiger partial charge in [0.15, 0.2) is 15.7 Å². The van der Waals surface area contributed by atoms with Gasteiger partial charge in [0.25, 0.3) is 0 Å². The van der Waals surface area contributed by atoms with Gasteiger partial charge in [-0.3, -0.25) is 14.0 Å². The zero-order chi connectivity index (χ0) is 22.6. The Hall–Kier alpha value is -1.84. The van der Waals surface area contributed by atoms with E-state index in [1.807, 2.05) is 0 Å². The summed E-state index contributed by atoms with van der Waals surface area (Å²) in [6.45, 7) is 0. The molecular formula is C21H26ClN3O4S2. The minimum atomic E-state index is -3.45. The van der Waals surface area contributed by atoms with E-state index in [1.165, 1.54) is 18.5 Å². The number of hydrogen-bond donors (Lipinski definition) is 1. The molecule has 168 valence electrons. The summed E-state index contributed by atoms with van der Waals surface area (Å²) in [5.74, 6) is 0.314. The predicted octanol–water partition coefficient (Wildman–Crippen LogP) is 3.71. The average Bonchev–Trinajstić information content (AvgIpc) is 3.19. The maximum atomic E-state index is 13.2. The summed E-state index contributed by atoms with van der Waals surface area (Å²) < 4.78 is 35.1. The van der Waals surface area contributed by atoms with E-state index in [4.69, 9.17) is 11.6 Å². The van der Waals surface area contributed by atoms with Crippen LogP contribution in [0.15, 0.2) is 35.5 Å². The van der Waals surface area contributed by atoms with Crippen molar-refractivity contribution < 1.29 is 17.4 Å². The van der Waals surface area contributed by atoms with Crippen LogP contribution in [0.1, 0.15) is 49.3 Å². The smallest absolute Gasteiger partial charge is 0.233 e.